The summed E-state index contributed by atoms with van der Waals surface area (Å²) in [5, 5.41) is 3.78. The molecule has 1 aliphatic heterocycles. The molecule has 0 saturated carbocycles. The van der Waals surface area contributed by atoms with Crippen LogP contribution in [-0.2, 0) is 9.47 Å². The van der Waals surface area contributed by atoms with Crippen LogP contribution in [-0.4, -0.2) is 32.3 Å². The average molecular weight is 242 g/mol. The van der Waals surface area contributed by atoms with E-state index < -0.39 is 0 Å². The first-order valence-corrected chi connectivity index (χ1v) is 5.30. The van der Waals surface area contributed by atoms with Gasteiger partial charge in [0.1, 0.15) is 0 Å². The molecule has 1 saturated heterocycles. The summed E-state index contributed by atoms with van der Waals surface area (Å²) in [6.07, 6.45) is 0. The normalized spacial score (nSPS) is 15.4. The minimum atomic E-state index is -0.371. The van der Waals surface area contributed by atoms with Gasteiger partial charge in [-0.25, -0.2) is 4.79 Å². The maximum Gasteiger partial charge on any atom is 0.337 e. The number of methoxy groups -OCH3 is 1. The zero-order chi connectivity index (χ0) is 11.5. The number of hydrogen-bond donors (Lipinski definition) is 1. The van der Waals surface area contributed by atoms with Gasteiger partial charge in [0.05, 0.1) is 42.6 Å². The fourth-order valence-electron chi connectivity index (χ4n) is 1.42. The molecule has 1 aromatic rings. The highest BCUT2D eigenvalue weighted by molar-refractivity contribution is 6.33. The van der Waals surface area contributed by atoms with Crippen molar-refractivity contribution < 1.29 is 14.3 Å². The molecule has 86 valence electrons. The zero-order valence-electron chi connectivity index (χ0n) is 8.83. The third-order valence-corrected chi connectivity index (χ3v) is 2.71. The Labute approximate surface area is 98.5 Å². The van der Waals surface area contributed by atoms with Gasteiger partial charge in [-0.1, -0.05) is 11.6 Å². The fourth-order valence-corrected chi connectivity index (χ4v) is 1.59. The van der Waals surface area contributed by atoms with E-state index in [9.17, 15) is 4.79 Å². The summed E-state index contributed by atoms with van der Waals surface area (Å²) < 4.78 is 9.69. The molecule has 1 N–H and O–H groups in total. The van der Waals surface area contributed by atoms with Crippen molar-refractivity contribution in [3.8, 4) is 0 Å². The molecule has 16 heavy (non-hydrogen) atoms. The van der Waals surface area contributed by atoms with E-state index in [0.717, 1.165) is 5.69 Å². The highest BCUT2D eigenvalue weighted by Crippen LogP contribution is 2.25. The molecule has 2 rings (SSSR count). The van der Waals surface area contributed by atoms with Crippen molar-refractivity contribution >= 4 is 23.3 Å². The van der Waals surface area contributed by atoms with Crippen molar-refractivity contribution in [1.29, 1.82) is 0 Å². The largest absolute Gasteiger partial charge is 0.465 e. The molecule has 0 unspecified atom stereocenters. The first kappa shape index (κ1) is 11.2. The zero-order valence-corrected chi connectivity index (χ0v) is 9.58. The Morgan fingerprint density at radius 3 is 2.88 bits per heavy atom. The lowest BCUT2D eigenvalue weighted by molar-refractivity contribution is 0.0211. The average Bonchev–Trinajstić information content (AvgIpc) is 2.24. The molecular formula is C11H12ClNO3. The summed E-state index contributed by atoms with van der Waals surface area (Å²) in [5.41, 5.74) is 1.22. The molecule has 0 amide bonds. The third kappa shape index (κ3) is 2.28. The molecular weight excluding hydrogens is 230 g/mol. The number of esters is 1. The van der Waals surface area contributed by atoms with Gasteiger partial charge in [-0.05, 0) is 18.2 Å². The predicted octanol–water partition coefficient (Wildman–Crippen LogP) is 1.94. The van der Waals surface area contributed by atoms with Gasteiger partial charge >= 0.3 is 5.97 Å². The second kappa shape index (κ2) is 4.72. The molecule has 0 aliphatic carbocycles. The Kier molecular flexibility index (Phi) is 3.31. The smallest absolute Gasteiger partial charge is 0.337 e. The Morgan fingerprint density at radius 1 is 1.56 bits per heavy atom. The molecule has 0 radical (unpaired) electrons. The summed E-state index contributed by atoms with van der Waals surface area (Å²) in [6, 6.07) is 5.27. The lowest BCUT2D eigenvalue weighted by Crippen LogP contribution is -2.40. The lowest BCUT2D eigenvalue weighted by Gasteiger charge is -2.28. The van der Waals surface area contributed by atoms with Gasteiger partial charge in [-0.3, -0.25) is 0 Å². The van der Waals surface area contributed by atoms with E-state index in [1.807, 2.05) is 0 Å². The predicted molar refractivity (Wildman–Crippen MR) is 61.0 cm³/mol. The van der Waals surface area contributed by atoms with E-state index in [-0.39, 0.29) is 12.0 Å². The van der Waals surface area contributed by atoms with Crippen molar-refractivity contribution in [2.45, 2.75) is 6.04 Å². The van der Waals surface area contributed by atoms with Crippen LogP contribution in [0.4, 0.5) is 5.69 Å². The van der Waals surface area contributed by atoms with Crippen molar-refractivity contribution in [2.75, 3.05) is 25.6 Å². The second-order valence-electron chi connectivity index (χ2n) is 3.56. The van der Waals surface area contributed by atoms with Crippen LogP contribution in [0, 0.1) is 0 Å². The van der Waals surface area contributed by atoms with Crippen LogP contribution in [0.1, 0.15) is 10.4 Å². The summed E-state index contributed by atoms with van der Waals surface area (Å²) in [5.74, 6) is -0.371. The van der Waals surface area contributed by atoms with E-state index in [1.165, 1.54) is 7.11 Å². The molecule has 0 bridgehead atoms. The van der Waals surface area contributed by atoms with Gasteiger partial charge < -0.3 is 14.8 Å². The third-order valence-electron chi connectivity index (χ3n) is 2.39. The summed E-state index contributed by atoms with van der Waals surface area (Å²) in [6.45, 7) is 1.33. The fraction of sp³-hybridized carbons (Fsp3) is 0.364. The van der Waals surface area contributed by atoms with Crippen LogP contribution >= 0.6 is 11.6 Å². The van der Waals surface area contributed by atoms with Crippen molar-refractivity contribution in [2.24, 2.45) is 0 Å². The molecule has 0 spiro atoms. The molecule has 1 fully saturated rings. The van der Waals surface area contributed by atoms with E-state index in [4.69, 9.17) is 16.3 Å². The topological polar surface area (TPSA) is 47.6 Å². The van der Waals surface area contributed by atoms with Gasteiger partial charge in [-0.15, -0.1) is 0 Å². The van der Waals surface area contributed by atoms with Crippen molar-refractivity contribution in [3.05, 3.63) is 28.8 Å². The second-order valence-corrected chi connectivity index (χ2v) is 3.97. The number of carbonyl (C=O) groups excluding carboxylic acids is 1. The first-order chi connectivity index (χ1) is 7.70. The number of benzene rings is 1. The van der Waals surface area contributed by atoms with Crippen molar-refractivity contribution in [1.82, 2.24) is 0 Å². The molecule has 0 atom stereocenters. The maximum absolute atomic E-state index is 11.3. The quantitative estimate of drug-likeness (QED) is 0.822. The summed E-state index contributed by atoms with van der Waals surface area (Å²) in [7, 11) is 1.35. The lowest BCUT2D eigenvalue weighted by atomic mass is 10.1. The summed E-state index contributed by atoms with van der Waals surface area (Å²) in [4.78, 5) is 11.3. The van der Waals surface area contributed by atoms with Crippen LogP contribution in [0.3, 0.4) is 0 Å². The Hall–Kier alpha value is -1.26. The molecule has 1 aliphatic rings. The number of hydrogen-bond acceptors (Lipinski definition) is 4. The van der Waals surface area contributed by atoms with Gasteiger partial charge in [0.2, 0.25) is 0 Å². The number of rotatable bonds is 3. The van der Waals surface area contributed by atoms with Crippen LogP contribution in [0.15, 0.2) is 18.2 Å². The van der Waals surface area contributed by atoms with Gasteiger partial charge in [0.15, 0.2) is 0 Å². The Morgan fingerprint density at radius 2 is 2.31 bits per heavy atom. The molecule has 0 aromatic heterocycles. The highest BCUT2D eigenvalue weighted by atomic mass is 35.5. The van der Waals surface area contributed by atoms with Gasteiger partial charge in [0, 0.05) is 0 Å². The van der Waals surface area contributed by atoms with E-state index in [0.29, 0.717) is 23.8 Å². The maximum atomic E-state index is 11.3. The summed E-state index contributed by atoms with van der Waals surface area (Å²) >= 11 is 6.01. The van der Waals surface area contributed by atoms with Crippen LogP contribution in [0.5, 0.6) is 0 Å². The molecule has 1 heterocycles. The SMILES string of the molecule is COC(=O)c1ccc(Cl)c(NC2COC2)c1. The standard InChI is InChI=1S/C11H12ClNO3/c1-15-11(14)7-2-3-9(12)10(4-7)13-8-5-16-6-8/h2-4,8,13H,5-6H2,1H3. The van der Waals surface area contributed by atoms with Gasteiger partial charge in [0.25, 0.3) is 0 Å². The minimum Gasteiger partial charge on any atom is -0.465 e. The number of anilines is 1. The number of ether oxygens (including phenoxy) is 2. The Balaban J connectivity index is 2.17. The van der Waals surface area contributed by atoms with Crippen LogP contribution in [0.25, 0.3) is 0 Å². The molecule has 4 nitrogen and oxygen atoms in total. The van der Waals surface area contributed by atoms with Crippen LogP contribution < -0.4 is 5.32 Å². The minimum absolute atomic E-state index is 0.269. The van der Waals surface area contributed by atoms with Crippen LogP contribution in [0.2, 0.25) is 5.02 Å². The first-order valence-electron chi connectivity index (χ1n) is 4.93. The highest BCUT2D eigenvalue weighted by Gasteiger charge is 2.19. The molecule has 5 heteroatoms. The van der Waals surface area contributed by atoms with E-state index >= 15 is 0 Å². The van der Waals surface area contributed by atoms with E-state index in [2.05, 4.69) is 10.1 Å². The number of halogens is 1. The molecule has 1 aromatic carbocycles. The monoisotopic (exact) mass is 241 g/mol. The van der Waals surface area contributed by atoms with E-state index in [1.54, 1.807) is 18.2 Å². The number of nitrogens with one attached hydrogen (secondary N) is 1. The van der Waals surface area contributed by atoms with Gasteiger partial charge in [-0.2, -0.15) is 0 Å². The van der Waals surface area contributed by atoms with Crippen molar-refractivity contribution in [3.63, 3.8) is 0 Å². The number of carbonyl (C=O) groups is 1. The Bertz CT molecular complexity index is 404.